The van der Waals surface area contributed by atoms with Crippen LogP contribution < -0.4 is 4.90 Å². The highest BCUT2D eigenvalue weighted by molar-refractivity contribution is 7.88. The Morgan fingerprint density at radius 1 is 1.06 bits per heavy atom. The quantitative estimate of drug-likeness (QED) is 0.542. The van der Waals surface area contributed by atoms with Gasteiger partial charge in [0.15, 0.2) is 0 Å². The molecule has 1 fully saturated rings. The second kappa shape index (κ2) is 8.20. The molecule has 3 heterocycles. The Bertz CT molecular complexity index is 1330. The van der Waals surface area contributed by atoms with Crippen LogP contribution in [0.2, 0.25) is 0 Å². The van der Waals surface area contributed by atoms with Crippen LogP contribution in [-0.4, -0.2) is 54.7 Å². The molecule has 0 aliphatic carbocycles. The molecule has 7 nitrogen and oxygen atoms in total. The number of aryl methyl sites for hydroxylation is 1. The van der Waals surface area contributed by atoms with Crippen LogP contribution in [0.4, 0.5) is 5.69 Å². The van der Waals surface area contributed by atoms with Crippen LogP contribution in [0.3, 0.4) is 0 Å². The molecule has 8 heteroatoms. The number of para-hydroxylation sites is 1. The summed E-state index contributed by atoms with van der Waals surface area (Å²) in [6, 6.07) is 15.8. The van der Waals surface area contributed by atoms with Gasteiger partial charge in [-0.15, -0.1) is 0 Å². The molecule has 33 heavy (non-hydrogen) atoms. The minimum Gasteiger partial charge on any atom is -0.396 e. The fourth-order valence-corrected chi connectivity index (χ4v) is 6.00. The number of unbranched alkanes of at least 4 members (excludes halogenated alkanes) is 1. The van der Waals surface area contributed by atoms with Crippen molar-refractivity contribution >= 4 is 32.4 Å². The summed E-state index contributed by atoms with van der Waals surface area (Å²) in [4.78, 5) is 20.2. The summed E-state index contributed by atoms with van der Waals surface area (Å²) < 4.78 is 25.4. The molecule has 1 N–H and O–H groups in total. The van der Waals surface area contributed by atoms with Crippen molar-refractivity contribution in [1.82, 2.24) is 9.29 Å². The largest absolute Gasteiger partial charge is 0.396 e. The minimum absolute atomic E-state index is 0.0696. The van der Waals surface area contributed by atoms with E-state index < -0.39 is 15.4 Å². The predicted octanol–water partition coefficient (Wildman–Crippen LogP) is 2.61. The third-order valence-corrected chi connectivity index (χ3v) is 8.06. The van der Waals surface area contributed by atoms with Gasteiger partial charge in [-0.05, 0) is 41.8 Å². The molecule has 5 rings (SSSR count). The number of nitrogens with zero attached hydrogens (tertiary/aromatic N) is 3. The number of rotatable bonds is 7. The van der Waals surface area contributed by atoms with Gasteiger partial charge in [0.25, 0.3) is 0 Å². The van der Waals surface area contributed by atoms with Gasteiger partial charge < -0.3 is 10.0 Å². The van der Waals surface area contributed by atoms with Gasteiger partial charge in [-0.3, -0.25) is 9.78 Å². The minimum atomic E-state index is -3.35. The molecule has 2 aliphatic heterocycles. The van der Waals surface area contributed by atoms with E-state index in [0.717, 1.165) is 46.1 Å². The average Bonchev–Trinajstić information content (AvgIpc) is 3.01. The highest BCUT2D eigenvalue weighted by atomic mass is 32.2. The number of amides is 1. The molecule has 2 aromatic carbocycles. The van der Waals surface area contributed by atoms with Crippen molar-refractivity contribution in [3.8, 4) is 0 Å². The van der Waals surface area contributed by atoms with Crippen molar-refractivity contribution in [2.45, 2.75) is 31.2 Å². The van der Waals surface area contributed by atoms with E-state index in [9.17, 15) is 18.3 Å². The Kier molecular flexibility index (Phi) is 5.47. The van der Waals surface area contributed by atoms with E-state index in [1.54, 1.807) is 4.90 Å². The summed E-state index contributed by atoms with van der Waals surface area (Å²) in [5.41, 5.74) is 2.82. The van der Waals surface area contributed by atoms with Crippen LogP contribution >= 0.6 is 0 Å². The van der Waals surface area contributed by atoms with Crippen LogP contribution in [-0.2, 0) is 33.2 Å². The summed E-state index contributed by atoms with van der Waals surface area (Å²) in [7, 11) is -3.35. The number of carbonyl (C=O) groups is 1. The van der Waals surface area contributed by atoms with Crippen LogP contribution in [0.15, 0.2) is 54.7 Å². The van der Waals surface area contributed by atoms with Gasteiger partial charge >= 0.3 is 0 Å². The van der Waals surface area contributed by atoms with E-state index in [1.807, 2.05) is 48.7 Å². The summed E-state index contributed by atoms with van der Waals surface area (Å²) in [5, 5.41) is 11.4. The summed E-state index contributed by atoms with van der Waals surface area (Å²) in [6.45, 7) is 0.819. The van der Waals surface area contributed by atoms with E-state index in [0.29, 0.717) is 13.0 Å². The number of anilines is 1. The average molecular weight is 466 g/mol. The van der Waals surface area contributed by atoms with Crippen molar-refractivity contribution in [2.75, 3.05) is 30.9 Å². The van der Waals surface area contributed by atoms with E-state index in [1.165, 1.54) is 10.6 Å². The predicted molar refractivity (Wildman–Crippen MR) is 127 cm³/mol. The molecule has 1 spiro atoms. The first-order chi connectivity index (χ1) is 15.8. The van der Waals surface area contributed by atoms with E-state index in [2.05, 4.69) is 6.07 Å². The van der Waals surface area contributed by atoms with Crippen molar-refractivity contribution in [1.29, 1.82) is 0 Å². The van der Waals surface area contributed by atoms with Crippen LogP contribution in [0.1, 0.15) is 29.7 Å². The molecule has 172 valence electrons. The Morgan fingerprint density at radius 2 is 1.79 bits per heavy atom. The Morgan fingerprint density at radius 3 is 2.55 bits per heavy atom. The number of carbonyl (C=O) groups excluding carboxylic acids is 1. The molecule has 1 saturated heterocycles. The number of aliphatic hydroxyl groups is 1. The first-order valence-corrected chi connectivity index (χ1v) is 13.0. The third-order valence-electron chi connectivity index (χ3n) is 6.86. The number of hydrogen-bond acceptors (Lipinski definition) is 5. The van der Waals surface area contributed by atoms with Gasteiger partial charge in [0.05, 0.1) is 18.5 Å². The molecule has 0 saturated carbocycles. The van der Waals surface area contributed by atoms with Crippen molar-refractivity contribution in [3.05, 3.63) is 71.5 Å². The van der Waals surface area contributed by atoms with Crippen molar-refractivity contribution in [3.63, 3.8) is 0 Å². The molecule has 0 unspecified atom stereocenters. The number of aliphatic hydroxyl groups excluding tert-OH is 1. The smallest absolute Gasteiger partial charge is 0.240 e. The lowest BCUT2D eigenvalue weighted by Crippen LogP contribution is -2.64. The Labute approximate surface area is 193 Å². The maximum atomic E-state index is 13.7. The number of benzene rings is 2. The zero-order valence-electron chi connectivity index (χ0n) is 18.6. The summed E-state index contributed by atoms with van der Waals surface area (Å²) >= 11 is 0. The summed E-state index contributed by atoms with van der Waals surface area (Å²) in [6.07, 6.45) is 5.33. The van der Waals surface area contributed by atoms with Gasteiger partial charge in [0.2, 0.25) is 15.9 Å². The molecule has 1 amide bonds. The first kappa shape index (κ1) is 22.0. The third kappa shape index (κ3) is 3.62. The highest BCUT2D eigenvalue weighted by Crippen LogP contribution is 2.48. The second-order valence-electron chi connectivity index (χ2n) is 8.97. The van der Waals surface area contributed by atoms with E-state index in [4.69, 9.17) is 4.98 Å². The molecule has 0 radical (unpaired) electrons. The van der Waals surface area contributed by atoms with Gasteiger partial charge in [-0.25, -0.2) is 8.42 Å². The van der Waals surface area contributed by atoms with Gasteiger partial charge in [0.1, 0.15) is 5.41 Å². The van der Waals surface area contributed by atoms with Gasteiger partial charge in [-0.1, -0.05) is 42.5 Å². The summed E-state index contributed by atoms with van der Waals surface area (Å²) in [5.74, 6) is -0.0696. The molecule has 2 aliphatic rings. The fourth-order valence-electron chi connectivity index (χ4n) is 5.09. The Hall–Kier alpha value is -2.81. The van der Waals surface area contributed by atoms with Crippen LogP contribution in [0, 0.1) is 0 Å². The lowest BCUT2D eigenvalue weighted by molar-refractivity contribution is -0.127. The number of hydrogen-bond donors (Lipinski definition) is 1. The van der Waals surface area contributed by atoms with Gasteiger partial charge in [-0.2, -0.15) is 4.31 Å². The maximum Gasteiger partial charge on any atom is 0.240 e. The molecular formula is C25H27N3O4S. The SMILES string of the molecule is CS(=O)(=O)N1CC2(C1)C(=O)N(Cc1ncc3ccccc3c1CCCCO)c1ccccc12. The lowest BCUT2D eigenvalue weighted by Gasteiger charge is -2.45. The van der Waals surface area contributed by atoms with E-state index >= 15 is 0 Å². The molecular weight excluding hydrogens is 438 g/mol. The van der Waals surface area contributed by atoms with Crippen molar-refractivity contribution in [2.24, 2.45) is 0 Å². The van der Waals surface area contributed by atoms with Crippen LogP contribution in [0.25, 0.3) is 10.8 Å². The first-order valence-electron chi connectivity index (χ1n) is 11.2. The van der Waals surface area contributed by atoms with Crippen molar-refractivity contribution < 1.29 is 18.3 Å². The highest BCUT2D eigenvalue weighted by Gasteiger charge is 2.59. The Balaban J connectivity index is 1.52. The number of aromatic nitrogens is 1. The molecule has 3 aromatic rings. The van der Waals surface area contributed by atoms with E-state index in [-0.39, 0.29) is 25.6 Å². The number of sulfonamides is 1. The molecule has 0 atom stereocenters. The number of pyridine rings is 1. The van der Waals surface area contributed by atoms with Crippen LogP contribution in [0.5, 0.6) is 0 Å². The number of fused-ring (bicyclic) bond motifs is 3. The lowest BCUT2D eigenvalue weighted by atomic mass is 9.76. The molecule has 1 aromatic heterocycles. The standard InChI is InChI=1S/C25H27N3O4S/c1-33(31,32)27-16-25(17-27)21-11-4-5-12-23(21)28(24(25)30)15-22-20(10-6-7-13-29)19-9-3-2-8-18(19)14-26-22/h2-5,8-9,11-12,14,29H,6-7,10,13,15-17H2,1H3. The zero-order chi connectivity index (χ0) is 23.2. The zero-order valence-corrected chi connectivity index (χ0v) is 19.4. The second-order valence-corrected chi connectivity index (χ2v) is 11.0. The topological polar surface area (TPSA) is 90.8 Å². The maximum absolute atomic E-state index is 13.7. The molecule has 0 bridgehead atoms. The normalized spacial score (nSPS) is 17.5. The monoisotopic (exact) mass is 465 g/mol. The fraction of sp³-hybridized carbons (Fsp3) is 0.360. The van der Waals surface area contributed by atoms with Gasteiger partial charge in [0, 0.05) is 37.0 Å².